The van der Waals surface area contributed by atoms with E-state index in [-0.39, 0.29) is 11.7 Å². The largest absolute Gasteiger partial charge is 0.492 e. The van der Waals surface area contributed by atoms with Gasteiger partial charge in [0.15, 0.2) is 5.78 Å². The molecule has 0 fully saturated rings. The van der Waals surface area contributed by atoms with Crippen molar-refractivity contribution in [2.75, 3.05) is 6.61 Å². The topological polar surface area (TPSA) is 26.3 Å². The molecule has 1 atom stereocenters. The number of ether oxygens (including phenoxy) is 1. The molecule has 2 nitrogen and oxygen atoms in total. The first-order valence-electron chi connectivity index (χ1n) is 4.05. The van der Waals surface area contributed by atoms with Gasteiger partial charge in [0.05, 0.1) is 18.1 Å². The van der Waals surface area contributed by atoms with Crippen molar-refractivity contribution < 1.29 is 9.53 Å². The lowest BCUT2D eigenvalue weighted by molar-refractivity contribution is 0.0849. The number of ketones is 1. The van der Waals surface area contributed by atoms with Crippen LogP contribution in [0.25, 0.3) is 0 Å². The van der Waals surface area contributed by atoms with Gasteiger partial charge in [-0.1, -0.05) is 19.1 Å². The molecule has 2 rings (SSSR count). The fourth-order valence-corrected chi connectivity index (χ4v) is 1.35. The molecule has 1 aromatic carbocycles. The highest BCUT2D eigenvalue weighted by Crippen LogP contribution is 2.26. The Labute approximate surface area is 71.2 Å². The summed E-state index contributed by atoms with van der Waals surface area (Å²) >= 11 is 0. The van der Waals surface area contributed by atoms with Crippen molar-refractivity contribution >= 4 is 5.78 Å². The number of hydrogen-bond acceptors (Lipinski definition) is 2. The minimum Gasteiger partial charge on any atom is -0.492 e. The first kappa shape index (κ1) is 7.35. The maximum atomic E-state index is 11.5. The van der Waals surface area contributed by atoms with Crippen LogP contribution in [0.15, 0.2) is 24.3 Å². The second kappa shape index (κ2) is 2.63. The lowest BCUT2D eigenvalue weighted by Gasteiger charge is -2.20. The van der Waals surface area contributed by atoms with Crippen LogP contribution in [0.4, 0.5) is 0 Å². The van der Waals surface area contributed by atoms with Crippen molar-refractivity contribution in [3.63, 3.8) is 0 Å². The van der Waals surface area contributed by atoms with E-state index in [9.17, 15) is 4.79 Å². The number of benzene rings is 1. The Kier molecular flexibility index (Phi) is 1.61. The summed E-state index contributed by atoms with van der Waals surface area (Å²) in [5.74, 6) is 0.914. The van der Waals surface area contributed by atoms with Crippen LogP contribution in [0, 0.1) is 5.92 Å². The second-order valence-corrected chi connectivity index (χ2v) is 3.07. The predicted octanol–water partition coefficient (Wildman–Crippen LogP) is 1.90. The van der Waals surface area contributed by atoms with Crippen LogP contribution < -0.4 is 4.74 Å². The van der Waals surface area contributed by atoms with E-state index in [1.807, 2.05) is 31.2 Å². The van der Waals surface area contributed by atoms with E-state index in [2.05, 4.69) is 0 Å². The summed E-state index contributed by atoms with van der Waals surface area (Å²) in [6.07, 6.45) is 0. The normalized spacial score (nSPS) is 21.4. The van der Waals surface area contributed by atoms with Crippen molar-refractivity contribution in [3.05, 3.63) is 29.8 Å². The lowest BCUT2D eigenvalue weighted by Crippen LogP contribution is -2.24. The average Bonchev–Trinajstić information content (AvgIpc) is 2.12. The highest BCUT2D eigenvalue weighted by Gasteiger charge is 2.24. The molecule has 0 aliphatic carbocycles. The van der Waals surface area contributed by atoms with E-state index < -0.39 is 0 Å². The van der Waals surface area contributed by atoms with Crippen LogP contribution in [0.3, 0.4) is 0 Å². The summed E-state index contributed by atoms with van der Waals surface area (Å²) in [5, 5.41) is 0. The molecule has 1 heterocycles. The number of rotatable bonds is 0. The van der Waals surface area contributed by atoms with Gasteiger partial charge < -0.3 is 4.74 Å². The summed E-state index contributed by atoms with van der Waals surface area (Å²) in [4.78, 5) is 11.5. The summed E-state index contributed by atoms with van der Waals surface area (Å²) in [6, 6.07) is 7.38. The Morgan fingerprint density at radius 1 is 1.42 bits per heavy atom. The van der Waals surface area contributed by atoms with Gasteiger partial charge >= 0.3 is 0 Å². The Morgan fingerprint density at radius 3 is 3.00 bits per heavy atom. The molecule has 1 aromatic rings. The van der Waals surface area contributed by atoms with E-state index in [1.165, 1.54) is 0 Å². The standard InChI is InChI=1S/C10H10O2/c1-7-6-12-9-5-3-2-4-8(9)10(7)11/h2-5,7H,6H2,1H3/t7-/m1/s1. The molecule has 0 N–H and O–H groups in total. The molecular formula is C10H10O2. The van der Waals surface area contributed by atoms with Crippen LogP contribution in [-0.4, -0.2) is 12.4 Å². The van der Waals surface area contributed by atoms with Gasteiger partial charge in [0.25, 0.3) is 0 Å². The van der Waals surface area contributed by atoms with Gasteiger partial charge in [-0.15, -0.1) is 0 Å². The van der Waals surface area contributed by atoms with Crippen molar-refractivity contribution in [1.29, 1.82) is 0 Å². The molecule has 0 unspecified atom stereocenters. The number of carbonyl (C=O) groups excluding carboxylic acids is 1. The zero-order valence-electron chi connectivity index (χ0n) is 6.91. The van der Waals surface area contributed by atoms with Crippen molar-refractivity contribution in [1.82, 2.24) is 0 Å². The van der Waals surface area contributed by atoms with Crippen LogP contribution in [0.5, 0.6) is 5.75 Å². The molecule has 1 aliphatic rings. The Bertz CT molecular complexity index is 317. The van der Waals surface area contributed by atoms with E-state index in [1.54, 1.807) is 0 Å². The number of para-hydroxylation sites is 1. The molecule has 2 heteroatoms. The molecule has 0 spiro atoms. The van der Waals surface area contributed by atoms with Crippen LogP contribution >= 0.6 is 0 Å². The van der Waals surface area contributed by atoms with Crippen LogP contribution in [-0.2, 0) is 0 Å². The first-order valence-corrected chi connectivity index (χ1v) is 4.05. The minimum absolute atomic E-state index is 0.0000926. The number of hydrogen-bond donors (Lipinski definition) is 0. The van der Waals surface area contributed by atoms with Gasteiger partial charge in [-0.3, -0.25) is 4.79 Å². The summed E-state index contributed by atoms with van der Waals surface area (Å²) in [5.41, 5.74) is 0.719. The van der Waals surface area contributed by atoms with E-state index >= 15 is 0 Å². The predicted molar refractivity (Wildman–Crippen MR) is 45.4 cm³/mol. The van der Waals surface area contributed by atoms with Gasteiger partial charge in [0, 0.05) is 0 Å². The van der Waals surface area contributed by atoms with E-state index in [0.29, 0.717) is 6.61 Å². The molecule has 0 bridgehead atoms. The van der Waals surface area contributed by atoms with E-state index in [4.69, 9.17) is 4.74 Å². The summed E-state index contributed by atoms with van der Waals surface area (Å²) < 4.78 is 5.39. The second-order valence-electron chi connectivity index (χ2n) is 3.07. The molecule has 0 aromatic heterocycles. The Balaban J connectivity index is 2.49. The van der Waals surface area contributed by atoms with Crippen molar-refractivity contribution in [2.45, 2.75) is 6.92 Å². The monoisotopic (exact) mass is 162 g/mol. The van der Waals surface area contributed by atoms with Crippen molar-refractivity contribution in [3.8, 4) is 5.75 Å². The first-order chi connectivity index (χ1) is 5.79. The van der Waals surface area contributed by atoms with Crippen molar-refractivity contribution in [2.24, 2.45) is 5.92 Å². The fraction of sp³-hybridized carbons (Fsp3) is 0.300. The average molecular weight is 162 g/mol. The molecule has 0 saturated carbocycles. The number of fused-ring (bicyclic) bond motifs is 1. The molecule has 1 aliphatic heterocycles. The maximum Gasteiger partial charge on any atom is 0.172 e. The SMILES string of the molecule is C[C@@H]1COc2ccccc2C1=O. The Hall–Kier alpha value is -1.31. The van der Waals surface area contributed by atoms with Gasteiger partial charge in [-0.2, -0.15) is 0 Å². The maximum absolute atomic E-state index is 11.5. The third kappa shape index (κ3) is 0.998. The van der Waals surface area contributed by atoms with E-state index in [0.717, 1.165) is 11.3 Å². The van der Waals surface area contributed by atoms with Crippen LogP contribution in [0.2, 0.25) is 0 Å². The van der Waals surface area contributed by atoms with Gasteiger partial charge in [0.1, 0.15) is 5.75 Å². The zero-order chi connectivity index (χ0) is 8.55. The van der Waals surface area contributed by atoms with Gasteiger partial charge in [-0.05, 0) is 12.1 Å². The number of carbonyl (C=O) groups is 1. The highest BCUT2D eigenvalue weighted by atomic mass is 16.5. The molecule has 62 valence electrons. The summed E-state index contributed by atoms with van der Waals surface area (Å²) in [6.45, 7) is 2.40. The van der Waals surface area contributed by atoms with Crippen LogP contribution in [0.1, 0.15) is 17.3 Å². The lowest BCUT2D eigenvalue weighted by atomic mass is 9.97. The third-order valence-corrected chi connectivity index (χ3v) is 2.09. The highest BCUT2D eigenvalue weighted by molar-refractivity contribution is 6.01. The summed E-state index contributed by atoms with van der Waals surface area (Å²) in [7, 11) is 0. The number of Topliss-reactive ketones (excluding diaryl/α,β-unsaturated/α-hetero) is 1. The molecule has 0 radical (unpaired) electrons. The molecule has 12 heavy (non-hydrogen) atoms. The molecule has 0 amide bonds. The van der Waals surface area contributed by atoms with Gasteiger partial charge in [0.2, 0.25) is 0 Å². The minimum atomic E-state index is -0.0000926. The third-order valence-electron chi connectivity index (χ3n) is 2.09. The smallest absolute Gasteiger partial charge is 0.172 e. The molecule has 0 saturated heterocycles. The quantitative estimate of drug-likeness (QED) is 0.582. The fourth-order valence-electron chi connectivity index (χ4n) is 1.35. The zero-order valence-corrected chi connectivity index (χ0v) is 6.91. The molecular weight excluding hydrogens is 152 g/mol. The Morgan fingerprint density at radius 2 is 2.17 bits per heavy atom. The van der Waals surface area contributed by atoms with Gasteiger partial charge in [-0.25, -0.2) is 0 Å².